The van der Waals surface area contributed by atoms with Gasteiger partial charge >= 0.3 is 0 Å². The largest absolute Gasteiger partial charge is 0.496 e. The number of aryl methyl sites for hydroxylation is 1. The molecule has 4 rings (SSSR count). The number of benzene rings is 2. The van der Waals surface area contributed by atoms with E-state index in [4.69, 9.17) is 9.84 Å². The highest BCUT2D eigenvalue weighted by Gasteiger charge is 2.35. The summed E-state index contributed by atoms with van der Waals surface area (Å²) in [5.41, 5.74) is 5.19. The van der Waals surface area contributed by atoms with E-state index >= 15 is 0 Å². The minimum atomic E-state index is -0.452. The van der Waals surface area contributed by atoms with E-state index in [1.165, 1.54) is 0 Å². The Morgan fingerprint density at radius 2 is 2.06 bits per heavy atom. The zero-order valence-electron chi connectivity index (χ0n) is 19.9. The third kappa shape index (κ3) is 4.72. The van der Waals surface area contributed by atoms with Crippen LogP contribution in [0, 0.1) is 13.8 Å². The van der Waals surface area contributed by atoms with Gasteiger partial charge in [-0.15, -0.1) is 5.10 Å². The smallest absolute Gasteiger partial charge is 0.255 e. The van der Waals surface area contributed by atoms with Crippen molar-refractivity contribution in [2.45, 2.75) is 45.3 Å². The van der Waals surface area contributed by atoms with Crippen LogP contribution in [0.5, 0.6) is 5.75 Å². The zero-order chi connectivity index (χ0) is 24.4. The second kappa shape index (κ2) is 10.2. The number of rotatable bonds is 7. The maximum absolute atomic E-state index is 13.7. The molecule has 2 N–H and O–H groups in total. The van der Waals surface area contributed by atoms with Crippen LogP contribution in [0.2, 0.25) is 0 Å². The maximum Gasteiger partial charge on any atom is 0.255 e. The van der Waals surface area contributed by atoms with Crippen molar-refractivity contribution in [2.75, 3.05) is 23.5 Å². The number of ether oxygens (including phenoxy) is 1. The quantitative estimate of drug-likeness (QED) is 0.352. The Balaban J connectivity index is 1.79. The highest BCUT2D eigenvalue weighted by atomic mass is 79.9. The van der Waals surface area contributed by atoms with Crippen molar-refractivity contribution in [2.24, 2.45) is 0 Å². The lowest BCUT2D eigenvalue weighted by Gasteiger charge is -2.29. The normalized spacial score (nSPS) is 15.1. The number of carbonyl (C=O) groups is 1. The van der Waals surface area contributed by atoms with E-state index in [1.807, 2.05) is 57.2 Å². The number of nitrogens with one attached hydrogen (secondary N) is 2. The first-order chi connectivity index (χ1) is 16.3. The van der Waals surface area contributed by atoms with Gasteiger partial charge < -0.3 is 15.4 Å². The van der Waals surface area contributed by atoms with Crippen LogP contribution in [-0.4, -0.2) is 33.5 Å². The van der Waals surface area contributed by atoms with Gasteiger partial charge in [0.15, 0.2) is 0 Å². The molecule has 1 atom stereocenters. The molecule has 1 aromatic heterocycles. The number of allylic oxidation sites excluding steroid dienone is 1. The molecule has 1 amide bonds. The fraction of sp³-hybridized carbons (Fsp3) is 0.320. The number of methoxy groups -OCH3 is 1. The maximum atomic E-state index is 13.7. The average molecular weight is 543 g/mol. The van der Waals surface area contributed by atoms with Gasteiger partial charge in [-0.3, -0.25) is 4.79 Å². The summed E-state index contributed by atoms with van der Waals surface area (Å²) < 4.78 is 8.02. The second-order valence-corrected chi connectivity index (χ2v) is 10.1. The average Bonchev–Trinajstić information content (AvgIpc) is 3.21. The Kier molecular flexibility index (Phi) is 7.33. The summed E-state index contributed by atoms with van der Waals surface area (Å²) in [6.07, 6.45) is 1.03. The third-order valence-electron chi connectivity index (χ3n) is 5.86. The lowest BCUT2D eigenvalue weighted by Crippen LogP contribution is -2.31. The van der Waals surface area contributed by atoms with Crippen LogP contribution in [0.15, 0.2) is 57.3 Å². The molecule has 0 spiro atoms. The van der Waals surface area contributed by atoms with Crippen LogP contribution in [0.3, 0.4) is 0 Å². The molecule has 34 heavy (non-hydrogen) atoms. The first kappa shape index (κ1) is 24.3. The molecule has 0 saturated carbocycles. The number of nitrogens with zero attached hydrogens (tertiary/aromatic N) is 3. The second-order valence-electron chi connectivity index (χ2n) is 8.17. The van der Waals surface area contributed by atoms with Crippen molar-refractivity contribution in [1.29, 1.82) is 0 Å². The zero-order valence-corrected chi connectivity index (χ0v) is 22.3. The van der Waals surface area contributed by atoms with Crippen LogP contribution in [0.1, 0.15) is 43.0 Å². The van der Waals surface area contributed by atoms with E-state index in [1.54, 1.807) is 23.6 Å². The minimum absolute atomic E-state index is 0.181. The molecule has 0 aliphatic carbocycles. The standard InChI is InChI=1S/C25H28BrN5O2S/c1-6-12-34-25-29-24-27-16(4)21(23(32)28-19-9-7-8-14(2)15(19)3)22(31(24)30-25)17-10-11-20(33-5)18(26)13-17/h7-11,13,22H,6,12H2,1-5H3,(H,28,32)(H,27,29,30). The molecule has 1 aliphatic rings. The number of anilines is 2. The Hall–Kier alpha value is -2.78. The summed E-state index contributed by atoms with van der Waals surface area (Å²) in [5, 5.41) is 11.9. The Labute approximate surface area is 212 Å². The topological polar surface area (TPSA) is 81.1 Å². The van der Waals surface area contributed by atoms with Crippen LogP contribution in [-0.2, 0) is 4.79 Å². The predicted octanol–water partition coefficient (Wildman–Crippen LogP) is 6.10. The minimum Gasteiger partial charge on any atom is -0.496 e. The van der Waals surface area contributed by atoms with Gasteiger partial charge in [0, 0.05) is 17.1 Å². The molecule has 0 bridgehead atoms. The Morgan fingerprint density at radius 1 is 1.26 bits per heavy atom. The summed E-state index contributed by atoms with van der Waals surface area (Å²) in [6, 6.07) is 11.3. The molecule has 7 nitrogen and oxygen atoms in total. The summed E-state index contributed by atoms with van der Waals surface area (Å²) >= 11 is 5.20. The molecule has 1 unspecified atom stereocenters. The van der Waals surface area contributed by atoms with Crippen LogP contribution < -0.4 is 15.4 Å². The first-order valence-corrected chi connectivity index (χ1v) is 12.9. The van der Waals surface area contributed by atoms with Crippen molar-refractivity contribution < 1.29 is 9.53 Å². The van der Waals surface area contributed by atoms with Gasteiger partial charge in [0.1, 0.15) is 11.8 Å². The van der Waals surface area contributed by atoms with E-state index in [0.717, 1.165) is 50.5 Å². The number of carbonyl (C=O) groups excluding carboxylic acids is 1. The van der Waals surface area contributed by atoms with Crippen molar-refractivity contribution >= 4 is 45.2 Å². The molecule has 9 heteroatoms. The van der Waals surface area contributed by atoms with Crippen LogP contribution in [0.4, 0.5) is 11.6 Å². The summed E-state index contributed by atoms with van der Waals surface area (Å²) in [6.45, 7) is 8.07. The van der Waals surface area contributed by atoms with Crippen molar-refractivity contribution in [3.8, 4) is 5.75 Å². The van der Waals surface area contributed by atoms with E-state index in [-0.39, 0.29) is 5.91 Å². The van der Waals surface area contributed by atoms with Gasteiger partial charge in [-0.25, -0.2) is 4.68 Å². The highest BCUT2D eigenvalue weighted by molar-refractivity contribution is 9.10. The number of thioether (sulfide) groups is 1. The monoisotopic (exact) mass is 541 g/mol. The number of halogens is 1. The number of hydrogen-bond acceptors (Lipinski definition) is 6. The summed E-state index contributed by atoms with van der Waals surface area (Å²) in [7, 11) is 1.63. The first-order valence-electron chi connectivity index (χ1n) is 11.1. The van der Waals surface area contributed by atoms with Gasteiger partial charge in [0.05, 0.1) is 17.2 Å². The SMILES string of the molecule is CCCSc1nc2n(n1)C(c1ccc(OC)c(Br)c1)C(C(=O)Nc1cccc(C)c1C)=C(C)N2. The molecular weight excluding hydrogens is 514 g/mol. The van der Waals surface area contributed by atoms with Crippen LogP contribution >= 0.6 is 27.7 Å². The fourth-order valence-electron chi connectivity index (χ4n) is 3.92. The van der Waals surface area contributed by atoms with E-state index in [9.17, 15) is 4.79 Å². The molecule has 1 aliphatic heterocycles. The van der Waals surface area contributed by atoms with Gasteiger partial charge in [-0.1, -0.05) is 36.9 Å². The molecule has 2 heterocycles. The van der Waals surface area contributed by atoms with Crippen molar-refractivity contribution in [1.82, 2.24) is 14.8 Å². The number of aromatic nitrogens is 3. The van der Waals surface area contributed by atoms with Gasteiger partial charge in [-0.2, -0.15) is 4.98 Å². The summed E-state index contributed by atoms with van der Waals surface area (Å²) in [4.78, 5) is 18.4. The summed E-state index contributed by atoms with van der Waals surface area (Å²) in [5.74, 6) is 2.09. The molecular formula is C25H28BrN5O2S. The predicted molar refractivity (Wildman–Crippen MR) is 141 cm³/mol. The fourth-order valence-corrected chi connectivity index (χ4v) is 5.16. The Morgan fingerprint density at radius 3 is 2.76 bits per heavy atom. The molecule has 0 fully saturated rings. The van der Waals surface area contributed by atoms with Crippen molar-refractivity contribution in [3.63, 3.8) is 0 Å². The van der Waals surface area contributed by atoms with Gasteiger partial charge in [0.2, 0.25) is 11.1 Å². The van der Waals surface area contributed by atoms with Crippen molar-refractivity contribution in [3.05, 3.63) is 68.8 Å². The molecule has 2 aromatic carbocycles. The third-order valence-corrected chi connectivity index (χ3v) is 7.52. The number of fused-ring (bicyclic) bond motifs is 1. The molecule has 3 aromatic rings. The van der Waals surface area contributed by atoms with Gasteiger partial charge in [-0.05, 0) is 78.0 Å². The molecule has 0 saturated heterocycles. The Bertz CT molecular complexity index is 1270. The lowest BCUT2D eigenvalue weighted by atomic mass is 9.94. The lowest BCUT2D eigenvalue weighted by molar-refractivity contribution is -0.113. The number of hydrogen-bond donors (Lipinski definition) is 2. The van der Waals surface area contributed by atoms with E-state index in [2.05, 4.69) is 38.5 Å². The number of amides is 1. The van der Waals surface area contributed by atoms with E-state index in [0.29, 0.717) is 16.7 Å². The van der Waals surface area contributed by atoms with Crippen LogP contribution in [0.25, 0.3) is 0 Å². The highest BCUT2D eigenvalue weighted by Crippen LogP contribution is 2.39. The molecule has 178 valence electrons. The molecule has 0 radical (unpaired) electrons. The van der Waals surface area contributed by atoms with E-state index < -0.39 is 6.04 Å². The van der Waals surface area contributed by atoms with Gasteiger partial charge in [0.25, 0.3) is 5.91 Å².